The standard InChI is InChI=1S/C16H25NO2S/c1-5-7-17-16-12-9-14(19-4)13(18-3)8-11(12)10-20-15(16)6-2/h8-9,15-17H,5-7,10H2,1-4H3. The fourth-order valence-corrected chi connectivity index (χ4v) is 4.05. The van der Waals surface area contributed by atoms with Crippen LogP contribution in [0, 0.1) is 0 Å². The highest BCUT2D eigenvalue weighted by Gasteiger charge is 2.29. The van der Waals surface area contributed by atoms with E-state index in [1.165, 1.54) is 17.5 Å². The van der Waals surface area contributed by atoms with Crippen molar-refractivity contribution < 1.29 is 9.47 Å². The van der Waals surface area contributed by atoms with Crippen LogP contribution in [0.15, 0.2) is 12.1 Å². The van der Waals surface area contributed by atoms with Crippen molar-refractivity contribution in [2.24, 2.45) is 0 Å². The van der Waals surface area contributed by atoms with E-state index in [0.29, 0.717) is 11.3 Å². The smallest absolute Gasteiger partial charge is 0.161 e. The van der Waals surface area contributed by atoms with Crippen LogP contribution in [-0.2, 0) is 5.75 Å². The summed E-state index contributed by atoms with van der Waals surface area (Å²) in [6.45, 7) is 5.53. The summed E-state index contributed by atoms with van der Waals surface area (Å²) in [7, 11) is 3.40. The van der Waals surface area contributed by atoms with Crippen molar-refractivity contribution in [3.63, 3.8) is 0 Å². The molecule has 0 aromatic heterocycles. The predicted molar refractivity (Wildman–Crippen MR) is 86.0 cm³/mol. The SMILES string of the molecule is CCCNC1c2cc(OC)c(OC)cc2CSC1CC. The Hall–Kier alpha value is -0.870. The highest BCUT2D eigenvalue weighted by molar-refractivity contribution is 7.99. The van der Waals surface area contributed by atoms with Crippen molar-refractivity contribution in [1.29, 1.82) is 0 Å². The van der Waals surface area contributed by atoms with Gasteiger partial charge in [0.15, 0.2) is 11.5 Å². The van der Waals surface area contributed by atoms with Gasteiger partial charge in [-0.1, -0.05) is 13.8 Å². The van der Waals surface area contributed by atoms with Crippen molar-refractivity contribution in [3.8, 4) is 11.5 Å². The highest BCUT2D eigenvalue weighted by atomic mass is 32.2. The molecule has 3 nitrogen and oxygen atoms in total. The van der Waals surface area contributed by atoms with Gasteiger partial charge in [0, 0.05) is 17.0 Å². The van der Waals surface area contributed by atoms with E-state index in [9.17, 15) is 0 Å². The third-order valence-corrected chi connectivity index (χ3v) is 5.33. The second-order valence-corrected chi connectivity index (χ2v) is 6.32. The van der Waals surface area contributed by atoms with Gasteiger partial charge < -0.3 is 14.8 Å². The van der Waals surface area contributed by atoms with E-state index >= 15 is 0 Å². The van der Waals surface area contributed by atoms with Crippen LogP contribution < -0.4 is 14.8 Å². The number of fused-ring (bicyclic) bond motifs is 1. The van der Waals surface area contributed by atoms with E-state index in [1.54, 1.807) is 14.2 Å². The quantitative estimate of drug-likeness (QED) is 0.865. The first kappa shape index (κ1) is 15.5. The molecule has 1 aliphatic heterocycles. The fourth-order valence-electron chi connectivity index (χ4n) is 2.74. The molecule has 0 amide bonds. The normalized spacial score (nSPS) is 21.4. The van der Waals surface area contributed by atoms with Crippen molar-refractivity contribution in [2.45, 2.75) is 43.7 Å². The van der Waals surface area contributed by atoms with Crippen LogP contribution in [-0.4, -0.2) is 26.0 Å². The Balaban J connectivity index is 2.38. The number of ether oxygens (including phenoxy) is 2. The molecule has 0 bridgehead atoms. The van der Waals surface area contributed by atoms with Crippen LogP contribution in [0.1, 0.15) is 43.9 Å². The average Bonchev–Trinajstić information content (AvgIpc) is 2.50. The lowest BCUT2D eigenvalue weighted by molar-refractivity contribution is 0.353. The second-order valence-electron chi connectivity index (χ2n) is 5.10. The maximum Gasteiger partial charge on any atom is 0.161 e. The number of nitrogens with one attached hydrogen (secondary N) is 1. The zero-order valence-corrected chi connectivity index (χ0v) is 13.7. The molecule has 112 valence electrons. The summed E-state index contributed by atoms with van der Waals surface area (Å²) in [5.74, 6) is 2.71. The van der Waals surface area contributed by atoms with Gasteiger partial charge in [-0.2, -0.15) is 11.8 Å². The van der Waals surface area contributed by atoms with E-state index < -0.39 is 0 Å². The first-order chi connectivity index (χ1) is 9.74. The molecule has 0 saturated heterocycles. The van der Waals surface area contributed by atoms with Crippen LogP contribution in [0.25, 0.3) is 0 Å². The number of methoxy groups -OCH3 is 2. The lowest BCUT2D eigenvalue weighted by atomic mass is 9.95. The summed E-state index contributed by atoms with van der Waals surface area (Å²) < 4.78 is 10.9. The molecule has 0 saturated carbocycles. The van der Waals surface area contributed by atoms with Gasteiger partial charge in [-0.3, -0.25) is 0 Å². The van der Waals surface area contributed by atoms with Gasteiger partial charge >= 0.3 is 0 Å². The number of thioether (sulfide) groups is 1. The molecule has 2 unspecified atom stereocenters. The fraction of sp³-hybridized carbons (Fsp3) is 0.625. The summed E-state index contributed by atoms with van der Waals surface area (Å²) >= 11 is 2.04. The van der Waals surface area contributed by atoms with Gasteiger partial charge in [-0.15, -0.1) is 0 Å². The molecule has 4 heteroatoms. The summed E-state index contributed by atoms with van der Waals surface area (Å²) in [5.41, 5.74) is 2.74. The first-order valence-electron chi connectivity index (χ1n) is 7.34. The zero-order valence-electron chi connectivity index (χ0n) is 12.9. The third kappa shape index (κ3) is 3.07. The lowest BCUT2D eigenvalue weighted by Gasteiger charge is -2.34. The van der Waals surface area contributed by atoms with Gasteiger partial charge in [0.2, 0.25) is 0 Å². The number of rotatable bonds is 6. The molecule has 1 aromatic rings. The minimum absolute atomic E-state index is 0.411. The summed E-state index contributed by atoms with van der Waals surface area (Å²) in [6.07, 6.45) is 2.33. The van der Waals surface area contributed by atoms with E-state index in [0.717, 1.165) is 30.2 Å². The molecular formula is C16H25NO2S. The molecule has 1 heterocycles. The Kier molecular flexibility index (Phi) is 5.61. The Morgan fingerprint density at radius 1 is 1.20 bits per heavy atom. The largest absolute Gasteiger partial charge is 0.493 e. The molecule has 0 radical (unpaired) electrons. The minimum Gasteiger partial charge on any atom is -0.493 e. The summed E-state index contributed by atoms with van der Waals surface area (Å²) in [4.78, 5) is 0. The zero-order chi connectivity index (χ0) is 14.5. The van der Waals surface area contributed by atoms with Crippen LogP contribution >= 0.6 is 11.8 Å². The number of hydrogen-bond acceptors (Lipinski definition) is 4. The summed E-state index contributed by atoms with van der Waals surface area (Å²) in [5, 5.41) is 4.33. The van der Waals surface area contributed by atoms with E-state index in [4.69, 9.17) is 9.47 Å². The lowest BCUT2D eigenvalue weighted by Crippen LogP contribution is -2.33. The van der Waals surface area contributed by atoms with E-state index in [1.807, 2.05) is 11.8 Å². The Morgan fingerprint density at radius 2 is 1.90 bits per heavy atom. The van der Waals surface area contributed by atoms with E-state index in [-0.39, 0.29) is 0 Å². The van der Waals surface area contributed by atoms with Gasteiger partial charge in [-0.25, -0.2) is 0 Å². The highest BCUT2D eigenvalue weighted by Crippen LogP contribution is 2.43. The van der Waals surface area contributed by atoms with Crippen molar-refractivity contribution in [3.05, 3.63) is 23.3 Å². The Labute approximate surface area is 126 Å². The minimum atomic E-state index is 0.411. The van der Waals surface area contributed by atoms with Gasteiger partial charge in [0.05, 0.1) is 14.2 Å². The van der Waals surface area contributed by atoms with Crippen molar-refractivity contribution in [1.82, 2.24) is 5.32 Å². The number of benzene rings is 1. The maximum atomic E-state index is 5.46. The third-order valence-electron chi connectivity index (χ3n) is 3.82. The molecule has 0 aliphatic carbocycles. The second kappa shape index (κ2) is 7.23. The van der Waals surface area contributed by atoms with Crippen LogP contribution in [0.5, 0.6) is 11.5 Å². The molecule has 1 aliphatic rings. The molecule has 0 fully saturated rings. The topological polar surface area (TPSA) is 30.5 Å². The van der Waals surface area contributed by atoms with Crippen molar-refractivity contribution in [2.75, 3.05) is 20.8 Å². The molecule has 2 atom stereocenters. The molecule has 0 spiro atoms. The van der Waals surface area contributed by atoms with Gasteiger partial charge in [0.1, 0.15) is 0 Å². The monoisotopic (exact) mass is 295 g/mol. The Morgan fingerprint density at radius 3 is 2.50 bits per heavy atom. The molecule has 2 rings (SSSR count). The van der Waals surface area contributed by atoms with Crippen molar-refractivity contribution >= 4 is 11.8 Å². The van der Waals surface area contributed by atoms with E-state index in [2.05, 4.69) is 31.3 Å². The molecule has 20 heavy (non-hydrogen) atoms. The van der Waals surface area contributed by atoms with Crippen LogP contribution in [0.2, 0.25) is 0 Å². The predicted octanol–water partition coefficient (Wildman–Crippen LogP) is 3.77. The summed E-state index contributed by atoms with van der Waals surface area (Å²) in [6, 6.07) is 4.70. The average molecular weight is 295 g/mol. The molecular weight excluding hydrogens is 270 g/mol. The van der Waals surface area contributed by atoms with Gasteiger partial charge in [-0.05, 0) is 42.6 Å². The molecule has 1 N–H and O–H groups in total. The molecule has 1 aromatic carbocycles. The van der Waals surface area contributed by atoms with Gasteiger partial charge in [0.25, 0.3) is 0 Å². The first-order valence-corrected chi connectivity index (χ1v) is 8.39. The number of hydrogen-bond donors (Lipinski definition) is 1. The maximum absolute atomic E-state index is 5.46. The van der Waals surface area contributed by atoms with Crippen LogP contribution in [0.3, 0.4) is 0 Å². The Bertz CT molecular complexity index is 450. The van der Waals surface area contributed by atoms with Crippen LogP contribution in [0.4, 0.5) is 0 Å².